The zero-order valence-corrected chi connectivity index (χ0v) is 15.0. The number of hydrogen-bond acceptors (Lipinski definition) is 6. The van der Waals surface area contributed by atoms with Gasteiger partial charge in [-0.2, -0.15) is 0 Å². The lowest BCUT2D eigenvalue weighted by molar-refractivity contribution is 0.461. The summed E-state index contributed by atoms with van der Waals surface area (Å²) in [5.74, 6) is 0. The average Bonchev–Trinajstić information content (AvgIpc) is 2.96. The molecule has 0 amide bonds. The first kappa shape index (κ1) is 16.6. The Labute approximate surface area is 144 Å². The van der Waals surface area contributed by atoms with Crippen molar-refractivity contribution in [2.75, 3.05) is 24.2 Å². The summed E-state index contributed by atoms with van der Waals surface area (Å²) >= 11 is 7.70. The molecule has 0 aliphatic carbocycles. The third-order valence-electron chi connectivity index (χ3n) is 3.66. The van der Waals surface area contributed by atoms with E-state index >= 15 is 0 Å². The van der Waals surface area contributed by atoms with Crippen LogP contribution in [0.3, 0.4) is 0 Å². The van der Waals surface area contributed by atoms with Gasteiger partial charge >= 0.3 is 0 Å². The van der Waals surface area contributed by atoms with Crippen LogP contribution in [0.15, 0.2) is 24.3 Å². The number of rotatable bonds is 4. The molecule has 23 heavy (non-hydrogen) atoms. The van der Waals surface area contributed by atoms with Gasteiger partial charge in [-0.1, -0.05) is 41.1 Å². The van der Waals surface area contributed by atoms with Crippen molar-refractivity contribution in [1.82, 2.24) is 14.9 Å². The first-order valence-corrected chi connectivity index (χ1v) is 10.3. The molecule has 1 fully saturated rings. The fourth-order valence-corrected chi connectivity index (χ4v) is 4.64. The monoisotopic (exact) mass is 372 g/mol. The van der Waals surface area contributed by atoms with Gasteiger partial charge in [0.2, 0.25) is 15.2 Å². The van der Waals surface area contributed by atoms with E-state index in [2.05, 4.69) is 19.8 Å². The van der Waals surface area contributed by atoms with Gasteiger partial charge in [-0.05, 0) is 18.9 Å². The maximum absolute atomic E-state index is 11.3. The van der Waals surface area contributed by atoms with Crippen molar-refractivity contribution in [3.8, 4) is 10.6 Å². The van der Waals surface area contributed by atoms with Gasteiger partial charge in [0.1, 0.15) is 0 Å². The second kappa shape index (κ2) is 6.72. The zero-order chi connectivity index (χ0) is 16.4. The van der Waals surface area contributed by atoms with E-state index in [0.29, 0.717) is 5.02 Å². The van der Waals surface area contributed by atoms with E-state index in [1.165, 1.54) is 17.6 Å². The van der Waals surface area contributed by atoms with E-state index in [1.54, 1.807) is 0 Å². The van der Waals surface area contributed by atoms with Crippen LogP contribution in [-0.2, 0) is 10.0 Å². The molecule has 9 heteroatoms. The van der Waals surface area contributed by atoms with Crippen LogP contribution in [0.5, 0.6) is 0 Å². The van der Waals surface area contributed by atoms with Crippen molar-refractivity contribution in [2.45, 2.75) is 18.9 Å². The molecule has 1 aromatic carbocycles. The minimum atomic E-state index is -3.15. The van der Waals surface area contributed by atoms with Gasteiger partial charge < -0.3 is 4.90 Å². The highest BCUT2D eigenvalue weighted by Gasteiger charge is 2.24. The summed E-state index contributed by atoms with van der Waals surface area (Å²) in [6.07, 6.45) is 2.71. The van der Waals surface area contributed by atoms with Gasteiger partial charge in [-0.3, -0.25) is 0 Å². The first-order chi connectivity index (χ1) is 10.9. The smallest absolute Gasteiger partial charge is 0.208 e. The topological polar surface area (TPSA) is 75.2 Å². The zero-order valence-electron chi connectivity index (χ0n) is 12.6. The van der Waals surface area contributed by atoms with E-state index in [0.717, 1.165) is 41.6 Å². The van der Waals surface area contributed by atoms with Crippen molar-refractivity contribution >= 4 is 38.1 Å². The van der Waals surface area contributed by atoms with Crippen LogP contribution < -0.4 is 9.62 Å². The van der Waals surface area contributed by atoms with E-state index in [9.17, 15) is 8.42 Å². The lowest BCUT2D eigenvalue weighted by Gasteiger charge is -2.31. The summed E-state index contributed by atoms with van der Waals surface area (Å²) in [6.45, 7) is 1.51. The highest BCUT2D eigenvalue weighted by atomic mass is 35.5. The van der Waals surface area contributed by atoms with Crippen LogP contribution in [0.25, 0.3) is 10.6 Å². The number of nitrogens with zero attached hydrogens (tertiary/aromatic N) is 3. The number of hydrogen-bond donors (Lipinski definition) is 1. The van der Waals surface area contributed by atoms with E-state index in [-0.39, 0.29) is 6.04 Å². The number of nitrogens with one attached hydrogen (secondary N) is 1. The highest BCUT2D eigenvalue weighted by molar-refractivity contribution is 7.88. The van der Waals surface area contributed by atoms with Crippen molar-refractivity contribution in [3.05, 3.63) is 29.3 Å². The molecular weight excluding hydrogens is 356 g/mol. The number of anilines is 1. The predicted octanol–water partition coefficient (Wildman–Crippen LogP) is 2.38. The number of aromatic nitrogens is 2. The molecule has 1 aromatic heterocycles. The van der Waals surface area contributed by atoms with Crippen LogP contribution in [0.2, 0.25) is 5.02 Å². The molecule has 0 unspecified atom stereocenters. The summed E-state index contributed by atoms with van der Waals surface area (Å²) in [6, 6.07) is 7.56. The molecule has 0 radical (unpaired) electrons. The fourth-order valence-electron chi connectivity index (χ4n) is 2.58. The van der Waals surface area contributed by atoms with Crippen LogP contribution in [0.1, 0.15) is 12.8 Å². The standard InChI is InChI=1S/C14H17ClN4O2S2/c1-23(20,21)18-10-6-8-19(9-7-10)14-17-16-13(22-14)11-4-2-3-5-12(11)15/h2-5,10,18H,6-9H2,1H3. The van der Waals surface area contributed by atoms with E-state index in [4.69, 9.17) is 11.6 Å². The van der Waals surface area contributed by atoms with Gasteiger partial charge in [0, 0.05) is 24.7 Å². The molecule has 1 aliphatic rings. The molecular formula is C14H17ClN4O2S2. The second-order valence-electron chi connectivity index (χ2n) is 5.52. The van der Waals surface area contributed by atoms with Crippen molar-refractivity contribution in [3.63, 3.8) is 0 Å². The summed E-state index contributed by atoms with van der Waals surface area (Å²) in [4.78, 5) is 2.14. The Bertz CT molecular complexity index is 786. The molecule has 0 saturated carbocycles. The molecule has 0 bridgehead atoms. The number of piperidine rings is 1. The molecule has 0 atom stereocenters. The van der Waals surface area contributed by atoms with Gasteiger partial charge in [0.05, 0.1) is 11.3 Å². The molecule has 2 aromatic rings. The number of sulfonamides is 1. The number of benzene rings is 1. The Morgan fingerprint density at radius 2 is 1.96 bits per heavy atom. The summed E-state index contributed by atoms with van der Waals surface area (Å²) in [5.41, 5.74) is 0.881. The molecule has 1 N–H and O–H groups in total. The maximum Gasteiger partial charge on any atom is 0.208 e. The fraction of sp³-hybridized carbons (Fsp3) is 0.429. The van der Waals surface area contributed by atoms with Crippen molar-refractivity contribution < 1.29 is 8.42 Å². The number of halogens is 1. The third kappa shape index (κ3) is 4.20. The predicted molar refractivity (Wildman–Crippen MR) is 93.6 cm³/mol. The maximum atomic E-state index is 11.3. The van der Waals surface area contributed by atoms with Gasteiger partial charge in [-0.25, -0.2) is 13.1 Å². The first-order valence-electron chi connectivity index (χ1n) is 7.23. The Kier molecular flexibility index (Phi) is 4.86. The molecule has 6 nitrogen and oxygen atoms in total. The van der Waals surface area contributed by atoms with Crippen LogP contribution in [0.4, 0.5) is 5.13 Å². The van der Waals surface area contributed by atoms with Gasteiger partial charge in [-0.15, -0.1) is 10.2 Å². The van der Waals surface area contributed by atoms with Gasteiger partial charge in [0.15, 0.2) is 5.01 Å². The molecule has 2 heterocycles. The Morgan fingerprint density at radius 3 is 2.61 bits per heavy atom. The largest absolute Gasteiger partial charge is 0.347 e. The van der Waals surface area contributed by atoms with Crippen molar-refractivity contribution in [1.29, 1.82) is 0 Å². The summed E-state index contributed by atoms with van der Waals surface area (Å²) in [5, 5.41) is 10.8. The van der Waals surface area contributed by atoms with E-state index < -0.39 is 10.0 Å². The van der Waals surface area contributed by atoms with Crippen LogP contribution >= 0.6 is 22.9 Å². The van der Waals surface area contributed by atoms with Crippen molar-refractivity contribution in [2.24, 2.45) is 0 Å². The molecule has 124 valence electrons. The summed E-state index contributed by atoms with van der Waals surface area (Å²) < 4.78 is 25.2. The quantitative estimate of drug-likeness (QED) is 0.891. The summed E-state index contributed by atoms with van der Waals surface area (Å²) in [7, 11) is -3.15. The van der Waals surface area contributed by atoms with Crippen LogP contribution in [-0.4, -0.2) is 44.0 Å². The molecule has 1 aliphatic heterocycles. The lowest BCUT2D eigenvalue weighted by Crippen LogP contribution is -2.44. The molecule has 3 rings (SSSR count). The Hall–Kier alpha value is -1.22. The van der Waals surface area contributed by atoms with E-state index in [1.807, 2.05) is 24.3 Å². The minimum absolute atomic E-state index is 0.00258. The lowest BCUT2D eigenvalue weighted by atomic mass is 10.1. The average molecular weight is 373 g/mol. The van der Waals surface area contributed by atoms with Crippen LogP contribution in [0, 0.1) is 0 Å². The minimum Gasteiger partial charge on any atom is -0.347 e. The normalized spacial score (nSPS) is 16.7. The SMILES string of the molecule is CS(=O)(=O)NC1CCN(c2nnc(-c3ccccc3Cl)s2)CC1. The molecule has 0 spiro atoms. The highest BCUT2D eigenvalue weighted by Crippen LogP contribution is 2.33. The Balaban J connectivity index is 1.67. The molecule has 1 saturated heterocycles. The Morgan fingerprint density at radius 1 is 1.26 bits per heavy atom. The second-order valence-corrected chi connectivity index (χ2v) is 8.66. The third-order valence-corrected chi connectivity index (χ3v) is 5.77. The van der Waals surface area contributed by atoms with Gasteiger partial charge in [0.25, 0.3) is 0 Å².